The lowest BCUT2D eigenvalue weighted by Crippen LogP contribution is -2.14. The van der Waals surface area contributed by atoms with E-state index < -0.39 is 23.5 Å². The number of aryl methyl sites for hydroxylation is 1. The summed E-state index contributed by atoms with van der Waals surface area (Å²) in [5.41, 5.74) is 3.21. The molecule has 2 aromatic rings. The number of methoxy groups -OCH3 is 1. The van der Waals surface area contributed by atoms with Crippen molar-refractivity contribution in [1.82, 2.24) is 4.57 Å². The Bertz CT molecular complexity index is 863. The third kappa shape index (κ3) is 2.78. The topological polar surface area (TPSA) is 81.0 Å². The second-order valence-corrected chi connectivity index (χ2v) is 4.89. The number of anilines is 1. The molecule has 2 rings (SSSR count). The highest BCUT2D eigenvalue weighted by Gasteiger charge is 2.34. The number of rotatable bonds is 2. The number of benzene rings is 1. The Morgan fingerprint density at radius 1 is 1.38 bits per heavy atom. The summed E-state index contributed by atoms with van der Waals surface area (Å²) in [6.07, 6.45) is -3.66. The first-order valence-corrected chi connectivity index (χ1v) is 6.48. The second kappa shape index (κ2) is 5.88. The summed E-state index contributed by atoms with van der Waals surface area (Å²) in [6, 6.07) is 2.97. The molecular weight excluding hydrogens is 330 g/mol. The number of nitrogens with two attached hydrogens (primary N) is 1. The molecule has 1 heterocycles. The van der Waals surface area contributed by atoms with Gasteiger partial charge in [-0.2, -0.15) is 18.4 Å². The highest BCUT2D eigenvalue weighted by Crippen LogP contribution is 2.35. The average Bonchev–Trinajstić information content (AvgIpc) is 2.83. The van der Waals surface area contributed by atoms with Crippen LogP contribution in [-0.4, -0.2) is 17.6 Å². The van der Waals surface area contributed by atoms with Gasteiger partial charge in [-0.25, -0.2) is 9.18 Å². The maximum atomic E-state index is 14.2. The van der Waals surface area contributed by atoms with E-state index in [2.05, 4.69) is 4.74 Å². The molecule has 0 unspecified atom stereocenters. The second-order valence-electron chi connectivity index (χ2n) is 4.89. The smallest absolute Gasteiger partial charge is 0.416 e. The van der Waals surface area contributed by atoms with Crippen molar-refractivity contribution in [1.29, 1.82) is 5.26 Å². The van der Waals surface area contributed by atoms with Gasteiger partial charge in [0.2, 0.25) is 0 Å². The molecule has 0 atom stereocenters. The number of carbonyl (C=O) groups is 1. The maximum Gasteiger partial charge on any atom is 0.416 e. The zero-order valence-corrected chi connectivity index (χ0v) is 12.5. The maximum absolute atomic E-state index is 14.2. The summed E-state index contributed by atoms with van der Waals surface area (Å²) in [6.45, 7) is 1.15. The van der Waals surface area contributed by atoms with Crippen LogP contribution in [0.4, 0.5) is 23.2 Å². The number of esters is 1. The minimum absolute atomic E-state index is 0.132. The summed E-state index contributed by atoms with van der Waals surface area (Å²) >= 11 is 0. The van der Waals surface area contributed by atoms with Gasteiger partial charge in [0.15, 0.2) is 5.69 Å². The normalized spacial score (nSPS) is 11.2. The quantitative estimate of drug-likeness (QED) is 0.672. The lowest BCUT2D eigenvalue weighted by atomic mass is 10.1. The van der Waals surface area contributed by atoms with Crippen molar-refractivity contribution in [3.8, 4) is 11.8 Å². The number of hydrogen-bond donors (Lipinski definition) is 1. The van der Waals surface area contributed by atoms with E-state index in [0.717, 1.165) is 30.9 Å². The first-order valence-electron chi connectivity index (χ1n) is 6.48. The molecule has 0 aliphatic carbocycles. The van der Waals surface area contributed by atoms with Crippen LogP contribution in [0.1, 0.15) is 27.2 Å². The Morgan fingerprint density at radius 2 is 2.00 bits per heavy atom. The fraction of sp³-hybridized carbons (Fsp3) is 0.200. The van der Waals surface area contributed by atoms with Crippen molar-refractivity contribution < 1.29 is 27.1 Å². The lowest BCUT2D eigenvalue weighted by Gasteiger charge is -2.15. The van der Waals surface area contributed by atoms with Gasteiger partial charge in [0.25, 0.3) is 0 Å². The lowest BCUT2D eigenvalue weighted by molar-refractivity contribution is -0.138. The molecule has 1 aromatic carbocycles. The van der Waals surface area contributed by atoms with Crippen molar-refractivity contribution in [2.24, 2.45) is 0 Å². The fourth-order valence-electron chi connectivity index (χ4n) is 2.26. The molecular formula is C15H11F4N3O2. The molecule has 0 spiro atoms. The molecule has 5 nitrogen and oxygen atoms in total. The number of alkyl halides is 3. The number of nitrogen functional groups attached to an aromatic ring is 1. The van der Waals surface area contributed by atoms with Crippen LogP contribution < -0.4 is 5.73 Å². The number of aromatic nitrogens is 1. The van der Waals surface area contributed by atoms with Gasteiger partial charge in [-0.3, -0.25) is 0 Å². The van der Waals surface area contributed by atoms with E-state index in [1.54, 1.807) is 6.07 Å². The van der Waals surface area contributed by atoms with Crippen LogP contribution in [0.15, 0.2) is 18.3 Å². The molecule has 126 valence electrons. The number of carbonyl (C=O) groups excluding carboxylic acids is 1. The van der Waals surface area contributed by atoms with E-state index in [1.165, 1.54) is 0 Å². The minimum atomic E-state index is -4.72. The third-order valence-corrected chi connectivity index (χ3v) is 3.40. The molecule has 0 saturated heterocycles. The average molecular weight is 341 g/mol. The first-order chi connectivity index (χ1) is 11.1. The van der Waals surface area contributed by atoms with E-state index in [9.17, 15) is 22.4 Å². The first kappa shape index (κ1) is 17.3. The Hall–Kier alpha value is -3.02. The molecule has 0 bridgehead atoms. The van der Waals surface area contributed by atoms with Crippen molar-refractivity contribution in [3.05, 3.63) is 46.5 Å². The minimum Gasteiger partial charge on any atom is -0.464 e. The van der Waals surface area contributed by atoms with Gasteiger partial charge in [0.1, 0.15) is 11.9 Å². The molecule has 0 amide bonds. The van der Waals surface area contributed by atoms with E-state index in [4.69, 9.17) is 11.0 Å². The number of nitrogens with zero attached hydrogens (tertiary/aromatic N) is 2. The standard InChI is InChI=1S/C15H11F4N3O2/c1-7-3-11(10(16)4-9(7)15(17,18)19)22-6-8(5-20)12(21)13(22)14(23)24-2/h3-4,6H,21H2,1-2H3. The van der Waals surface area contributed by atoms with Crippen molar-refractivity contribution in [3.63, 3.8) is 0 Å². The molecule has 24 heavy (non-hydrogen) atoms. The third-order valence-electron chi connectivity index (χ3n) is 3.40. The van der Waals surface area contributed by atoms with E-state index >= 15 is 0 Å². The zero-order valence-electron chi connectivity index (χ0n) is 12.5. The van der Waals surface area contributed by atoms with Crippen LogP contribution in [0.2, 0.25) is 0 Å². The number of halogens is 4. The van der Waals surface area contributed by atoms with Crippen LogP contribution in [0.3, 0.4) is 0 Å². The Labute approximate surface area is 133 Å². The number of hydrogen-bond acceptors (Lipinski definition) is 4. The van der Waals surface area contributed by atoms with Gasteiger partial charge >= 0.3 is 12.1 Å². The molecule has 0 aliphatic heterocycles. The Morgan fingerprint density at radius 3 is 2.50 bits per heavy atom. The SMILES string of the molecule is COC(=O)c1c(N)c(C#N)cn1-c1cc(C)c(C(F)(F)F)cc1F. The van der Waals surface area contributed by atoms with Gasteiger partial charge in [-0.15, -0.1) is 0 Å². The molecule has 9 heteroatoms. The van der Waals surface area contributed by atoms with Gasteiger partial charge in [-0.05, 0) is 24.6 Å². The molecule has 0 radical (unpaired) electrons. The van der Waals surface area contributed by atoms with E-state index in [1.807, 2.05) is 0 Å². The Kier molecular flexibility index (Phi) is 4.25. The largest absolute Gasteiger partial charge is 0.464 e. The predicted octanol–water partition coefficient (Wildman–Crippen LogP) is 3.18. The fourth-order valence-corrected chi connectivity index (χ4v) is 2.26. The molecule has 2 N–H and O–H groups in total. The van der Waals surface area contributed by atoms with Crippen molar-refractivity contribution in [2.75, 3.05) is 12.8 Å². The van der Waals surface area contributed by atoms with Crippen LogP contribution in [0.5, 0.6) is 0 Å². The molecule has 1 aromatic heterocycles. The van der Waals surface area contributed by atoms with Crippen molar-refractivity contribution in [2.45, 2.75) is 13.1 Å². The summed E-state index contributed by atoms with van der Waals surface area (Å²) in [4.78, 5) is 11.8. The number of nitriles is 1. The van der Waals surface area contributed by atoms with Gasteiger partial charge in [0.05, 0.1) is 29.6 Å². The van der Waals surface area contributed by atoms with Gasteiger partial charge in [-0.1, -0.05) is 0 Å². The predicted molar refractivity (Wildman–Crippen MR) is 75.9 cm³/mol. The molecule has 0 fully saturated rings. The molecule has 0 aliphatic rings. The summed E-state index contributed by atoms with van der Waals surface area (Å²) in [7, 11) is 1.06. The van der Waals surface area contributed by atoms with E-state index in [-0.39, 0.29) is 28.2 Å². The van der Waals surface area contributed by atoms with Gasteiger partial charge < -0.3 is 15.0 Å². The van der Waals surface area contributed by atoms with E-state index in [0.29, 0.717) is 6.07 Å². The number of ether oxygens (including phenoxy) is 1. The highest BCUT2D eigenvalue weighted by atomic mass is 19.4. The summed E-state index contributed by atoms with van der Waals surface area (Å²) in [5, 5.41) is 8.99. The highest BCUT2D eigenvalue weighted by molar-refractivity contribution is 5.96. The van der Waals surface area contributed by atoms with Crippen LogP contribution in [0, 0.1) is 24.1 Å². The van der Waals surface area contributed by atoms with Crippen LogP contribution >= 0.6 is 0 Å². The molecule has 0 saturated carbocycles. The van der Waals surface area contributed by atoms with Crippen LogP contribution in [-0.2, 0) is 10.9 Å². The monoisotopic (exact) mass is 341 g/mol. The Balaban J connectivity index is 2.76. The van der Waals surface area contributed by atoms with Crippen LogP contribution in [0.25, 0.3) is 5.69 Å². The zero-order chi connectivity index (χ0) is 18.2. The summed E-state index contributed by atoms with van der Waals surface area (Å²) < 4.78 is 58.2. The summed E-state index contributed by atoms with van der Waals surface area (Å²) in [5.74, 6) is -2.18. The van der Waals surface area contributed by atoms with Crippen molar-refractivity contribution >= 4 is 11.7 Å². The van der Waals surface area contributed by atoms with Gasteiger partial charge in [0, 0.05) is 6.20 Å².